The van der Waals surface area contributed by atoms with Crippen molar-refractivity contribution in [3.63, 3.8) is 0 Å². The van der Waals surface area contributed by atoms with Gasteiger partial charge in [0.15, 0.2) is 0 Å². The highest BCUT2D eigenvalue weighted by atomic mass is 15.3. The van der Waals surface area contributed by atoms with Crippen molar-refractivity contribution < 1.29 is 0 Å². The molecule has 0 radical (unpaired) electrons. The fraction of sp³-hybridized carbons (Fsp3) is 0.438. The van der Waals surface area contributed by atoms with Gasteiger partial charge in [0.2, 0.25) is 0 Å². The molecule has 0 aliphatic rings. The van der Waals surface area contributed by atoms with Crippen LogP contribution in [0.15, 0.2) is 30.6 Å². The first-order chi connectivity index (χ1) is 9.47. The molecule has 2 rings (SSSR count). The molecule has 1 aromatic heterocycles. The highest BCUT2D eigenvalue weighted by Crippen LogP contribution is 2.22. The molecule has 0 saturated heterocycles. The number of nitrogens with zero attached hydrogens (tertiary/aromatic N) is 3. The highest BCUT2D eigenvalue weighted by Gasteiger charge is 2.04. The van der Waals surface area contributed by atoms with Crippen molar-refractivity contribution in [1.29, 1.82) is 0 Å². The number of benzene rings is 1. The van der Waals surface area contributed by atoms with Gasteiger partial charge in [-0.05, 0) is 38.5 Å². The molecular weight excluding hydrogens is 248 g/mol. The Kier molecular flexibility index (Phi) is 4.32. The van der Waals surface area contributed by atoms with Crippen molar-refractivity contribution in [1.82, 2.24) is 9.78 Å². The quantitative estimate of drug-likeness (QED) is 0.905. The van der Waals surface area contributed by atoms with Gasteiger partial charge in [-0.3, -0.25) is 4.68 Å². The van der Waals surface area contributed by atoms with Crippen molar-refractivity contribution in [2.75, 3.05) is 24.3 Å². The third-order valence-corrected chi connectivity index (χ3v) is 3.37. The summed E-state index contributed by atoms with van der Waals surface area (Å²) in [7, 11) is 4.14. The second-order valence-electron chi connectivity index (χ2n) is 5.67. The van der Waals surface area contributed by atoms with E-state index in [1.165, 1.54) is 16.8 Å². The first-order valence-electron chi connectivity index (χ1n) is 7.02. The van der Waals surface area contributed by atoms with E-state index in [1.807, 2.05) is 10.9 Å². The molecule has 0 saturated carbocycles. The van der Waals surface area contributed by atoms with Gasteiger partial charge in [0.05, 0.1) is 6.20 Å². The molecule has 1 aromatic carbocycles. The lowest BCUT2D eigenvalue weighted by atomic mass is 10.1. The molecule has 4 nitrogen and oxygen atoms in total. The van der Waals surface area contributed by atoms with Crippen LogP contribution in [0.25, 0.3) is 0 Å². The van der Waals surface area contributed by atoms with Crippen molar-refractivity contribution in [2.45, 2.75) is 33.4 Å². The largest absolute Gasteiger partial charge is 0.381 e. The van der Waals surface area contributed by atoms with Crippen LogP contribution in [-0.4, -0.2) is 23.9 Å². The molecule has 0 fully saturated rings. The minimum atomic E-state index is 0.406. The normalized spacial score (nSPS) is 10.9. The summed E-state index contributed by atoms with van der Waals surface area (Å²) in [6.45, 7) is 7.19. The molecule has 4 heteroatoms. The summed E-state index contributed by atoms with van der Waals surface area (Å²) >= 11 is 0. The van der Waals surface area contributed by atoms with Crippen LogP contribution < -0.4 is 10.2 Å². The number of aromatic nitrogens is 2. The molecule has 108 valence electrons. The van der Waals surface area contributed by atoms with Crippen LogP contribution in [0, 0.1) is 6.92 Å². The third kappa shape index (κ3) is 3.32. The molecule has 1 heterocycles. The SMILES string of the molecule is Cc1ccc(NCc2cnn(C(C)C)c2)cc1N(C)C. The van der Waals surface area contributed by atoms with E-state index < -0.39 is 0 Å². The summed E-state index contributed by atoms with van der Waals surface area (Å²) in [6, 6.07) is 6.86. The highest BCUT2D eigenvalue weighted by molar-refractivity contribution is 5.61. The minimum Gasteiger partial charge on any atom is -0.381 e. The Morgan fingerprint density at radius 3 is 2.65 bits per heavy atom. The molecule has 0 amide bonds. The van der Waals surface area contributed by atoms with Crippen LogP contribution in [0.3, 0.4) is 0 Å². The Labute approximate surface area is 121 Å². The topological polar surface area (TPSA) is 33.1 Å². The maximum absolute atomic E-state index is 4.36. The van der Waals surface area contributed by atoms with Crippen LogP contribution in [-0.2, 0) is 6.54 Å². The molecule has 2 aromatic rings. The van der Waals surface area contributed by atoms with E-state index in [0.717, 1.165) is 12.2 Å². The van der Waals surface area contributed by atoms with Gasteiger partial charge in [0.25, 0.3) is 0 Å². The van der Waals surface area contributed by atoms with Gasteiger partial charge in [-0.25, -0.2) is 0 Å². The third-order valence-electron chi connectivity index (χ3n) is 3.37. The van der Waals surface area contributed by atoms with Gasteiger partial charge >= 0.3 is 0 Å². The number of hydrogen-bond acceptors (Lipinski definition) is 3. The summed E-state index contributed by atoms with van der Waals surface area (Å²) in [5.74, 6) is 0. The van der Waals surface area contributed by atoms with Crippen LogP contribution in [0.1, 0.15) is 31.0 Å². The average molecular weight is 272 g/mol. The summed E-state index contributed by atoms with van der Waals surface area (Å²) in [4.78, 5) is 2.14. The van der Waals surface area contributed by atoms with E-state index in [0.29, 0.717) is 6.04 Å². The zero-order valence-electron chi connectivity index (χ0n) is 13.0. The number of aryl methyl sites for hydroxylation is 1. The molecule has 0 atom stereocenters. The molecule has 0 unspecified atom stereocenters. The molecule has 0 bridgehead atoms. The fourth-order valence-corrected chi connectivity index (χ4v) is 2.16. The average Bonchev–Trinajstić information content (AvgIpc) is 2.86. The van der Waals surface area contributed by atoms with E-state index in [-0.39, 0.29) is 0 Å². The van der Waals surface area contributed by atoms with Crippen molar-refractivity contribution in [2.24, 2.45) is 0 Å². The minimum absolute atomic E-state index is 0.406. The number of nitrogens with one attached hydrogen (secondary N) is 1. The van der Waals surface area contributed by atoms with E-state index in [9.17, 15) is 0 Å². The molecule has 1 N–H and O–H groups in total. The molecule has 0 aliphatic carbocycles. The molecule has 0 aliphatic heterocycles. The van der Waals surface area contributed by atoms with Gasteiger partial charge in [-0.15, -0.1) is 0 Å². The van der Waals surface area contributed by atoms with Crippen LogP contribution >= 0.6 is 0 Å². The number of anilines is 2. The van der Waals surface area contributed by atoms with E-state index in [4.69, 9.17) is 0 Å². The van der Waals surface area contributed by atoms with E-state index in [1.54, 1.807) is 0 Å². The van der Waals surface area contributed by atoms with E-state index >= 15 is 0 Å². The van der Waals surface area contributed by atoms with Crippen molar-refractivity contribution in [3.05, 3.63) is 41.7 Å². The van der Waals surface area contributed by atoms with Crippen LogP contribution in [0.2, 0.25) is 0 Å². The molecular formula is C16H24N4. The summed E-state index contributed by atoms with van der Waals surface area (Å²) in [6.07, 6.45) is 4.02. The van der Waals surface area contributed by atoms with Crippen molar-refractivity contribution in [3.8, 4) is 0 Å². The summed E-state index contributed by atoms with van der Waals surface area (Å²) < 4.78 is 1.98. The standard InChI is InChI=1S/C16H24N4/c1-12(2)20-11-14(10-18-20)9-17-15-7-6-13(3)16(8-15)19(4)5/h6-8,10-12,17H,9H2,1-5H3. The molecule has 0 spiro atoms. The van der Waals surface area contributed by atoms with Gasteiger partial charge in [0, 0.05) is 49.8 Å². The van der Waals surface area contributed by atoms with Gasteiger partial charge in [-0.2, -0.15) is 5.10 Å². The smallest absolute Gasteiger partial charge is 0.0539 e. The Morgan fingerprint density at radius 2 is 2.05 bits per heavy atom. The lowest BCUT2D eigenvalue weighted by Crippen LogP contribution is -2.10. The van der Waals surface area contributed by atoms with Gasteiger partial charge < -0.3 is 10.2 Å². The predicted octanol–water partition coefficient (Wildman–Crippen LogP) is 3.45. The Balaban J connectivity index is 2.05. The van der Waals surface area contributed by atoms with Crippen LogP contribution in [0.5, 0.6) is 0 Å². The molecule has 20 heavy (non-hydrogen) atoms. The Morgan fingerprint density at radius 1 is 1.30 bits per heavy atom. The van der Waals surface area contributed by atoms with Crippen molar-refractivity contribution >= 4 is 11.4 Å². The predicted molar refractivity (Wildman–Crippen MR) is 85.4 cm³/mol. The second-order valence-corrected chi connectivity index (χ2v) is 5.67. The van der Waals surface area contributed by atoms with E-state index in [2.05, 4.69) is 74.6 Å². The lowest BCUT2D eigenvalue weighted by molar-refractivity contribution is 0.532. The fourth-order valence-electron chi connectivity index (χ4n) is 2.16. The summed E-state index contributed by atoms with van der Waals surface area (Å²) in [5.41, 5.74) is 4.86. The zero-order chi connectivity index (χ0) is 14.7. The monoisotopic (exact) mass is 272 g/mol. The van der Waals surface area contributed by atoms with Gasteiger partial charge in [-0.1, -0.05) is 6.07 Å². The first kappa shape index (κ1) is 14.4. The Hall–Kier alpha value is -1.97. The second kappa shape index (κ2) is 5.99. The van der Waals surface area contributed by atoms with Gasteiger partial charge in [0.1, 0.15) is 0 Å². The lowest BCUT2D eigenvalue weighted by Gasteiger charge is -2.17. The number of hydrogen-bond donors (Lipinski definition) is 1. The first-order valence-corrected chi connectivity index (χ1v) is 7.02. The number of rotatable bonds is 5. The maximum atomic E-state index is 4.36. The maximum Gasteiger partial charge on any atom is 0.0539 e. The zero-order valence-corrected chi connectivity index (χ0v) is 13.0. The van der Waals surface area contributed by atoms with Crippen LogP contribution in [0.4, 0.5) is 11.4 Å². The summed E-state index contributed by atoms with van der Waals surface area (Å²) in [5, 5.41) is 7.81. The Bertz CT molecular complexity index is 570.